The molecular formula is C20H17F2N3O4. The number of nitrogens with zero attached hydrogens (tertiary/aromatic N) is 2. The van der Waals surface area contributed by atoms with E-state index in [0.29, 0.717) is 5.69 Å². The molecule has 0 bridgehead atoms. The topological polar surface area (TPSA) is 88.1 Å². The number of carbonyl (C=O) groups excluding carboxylic acids is 3. The first-order chi connectivity index (χ1) is 13.8. The van der Waals surface area contributed by atoms with Gasteiger partial charge in [0.15, 0.2) is 6.10 Å². The Hall–Kier alpha value is -3.62. The molecule has 2 aromatic carbocycles. The van der Waals surface area contributed by atoms with Gasteiger partial charge in [0.25, 0.3) is 5.91 Å². The maximum Gasteiger partial charge on any atom is 0.355 e. The molecule has 1 heterocycles. The van der Waals surface area contributed by atoms with Crippen LogP contribution in [0.25, 0.3) is 0 Å². The van der Waals surface area contributed by atoms with Crippen LogP contribution in [-0.4, -0.2) is 29.6 Å². The maximum atomic E-state index is 13.6. The fraction of sp³-hybridized carbons (Fsp3) is 0.200. The zero-order chi connectivity index (χ0) is 21.0. The molecule has 1 aliphatic heterocycles. The second kappa shape index (κ2) is 8.59. The molecule has 1 unspecified atom stereocenters. The fourth-order valence-electron chi connectivity index (χ4n) is 2.58. The van der Waals surface area contributed by atoms with Crippen molar-refractivity contribution in [2.24, 2.45) is 5.10 Å². The molecule has 2 amide bonds. The van der Waals surface area contributed by atoms with E-state index in [-0.39, 0.29) is 30.1 Å². The van der Waals surface area contributed by atoms with Gasteiger partial charge in [-0.2, -0.15) is 5.10 Å². The first kappa shape index (κ1) is 20.1. The first-order valence-corrected chi connectivity index (χ1v) is 8.77. The molecule has 0 fully saturated rings. The van der Waals surface area contributed by atoms with E-state index in [1.807, 2.05) is 0 Å². The Labute approximate surface area is 165 Å². The van der Waals surface area contributed by atoms with Crippen molar-refractivity contribution in [1.82, 2.24) is 0 Å². The fourth-order valence-corrected chi connectivity index (χ4v) is 2.58. The van der Waals surface area contributed by atoms with E-state index in [1.54, 1.807) is 30.3 Å². The van der Waals surface area contributed by atoms with Gasteiger partial charge in [-0.05, 0) is 31.2 Å². The molecule has 1 N–H and O–H groups in total. The number of anilines is 2. The molecule has 0 saturated heterocycles. The lowest BCUT2D eigenvalue weighted by molar-refractivity contribution is -0.146. The Morgan fingerprint density at radius 1 is 1.14 bits per heavy atom. The molecule has 7 nitrogen and oxygen atoms in total. The third kappa shape index (κ3) is 4.81. The normalized spacial score (nSPS) is 14.8. The molecule has 150 valence electrons. The van der Waals surface area contributed by atoms with Gasteiger partial charge in [-0.1, -0.05) is 18.2 Å². The van der Waals surface area contributed by atoms with E-state index in [4.69, 9.17) is 4.74 Å². The molecule has 1 aliphatic rings. The largest absolute Gasteiger partial charge is 0.448 e. The van der Waals surface area contributed by atoms with Crippen molar-refractivity contribution in [3.63, 3.8) is 0 Å². The van der Waals surface area contributed by atoms with E-state index in [9.17, 15) is 23.2 Å². The van der Waals surface area contributed by atoms with Crippen LogP contribution in [0.15, 0.2) is 53.6 Å². The quantitative estimate of drug-likeness (QED) is 0.780. The molecule has 0 radical (unpaired) electrons. The van der Waals surface area contributed by atoms with Crippen LogP contribution in [0.5, 0.6) is 0 Å². The number of benzene rings is 2. The zero-order valence-corrected chi connectivity index (χ0v) is 15.4. The average molecular weight is 401 g/mol. The van der Waals surface area contributed by atoms with Gasteiger partial charge in [-0.25, -0.2) is 18.6 Å². The Morgan fingerprint density at radius 3 is 2.59 bits per heavy atom. The van der Waals surface area contributed by atoms with Crippen LogP contribution in [-0.2, 0) is 19.1 Å². The van der Waals surface area contributed by atoms with Crippen LogP contribution in [0, 0.1) is 11.6 Å². The van der Waals surface area contributed by atoms with Gasteiger partial charge in [-0.15, -0.1) is 0 Å². The van der Waals surface area contributed by atoms with Crippen molar-refractivity contribution >= 4 is 34.9 Å². The van der Waals surface area contributed by atoms with Gasteiger partial charge in [0.05, 0.1) is 11.4 Å². The number of hydrogen-bond acceptors (Lipinski definition) is 5. The van der Waals surface area contributed by atoms with E-state index >= 15 is 0 Å². The van der Waals surface area contributed by atoms with Gasteiger partial charge in [0.1, 0.15) is 17.3 Å². The van der Waals surface area contributed by atoms with Gasteiger partial charge in [-0.3, -0.25) is 9.59 Å². The van der Waals surface area contributed by atoms with Crippen molar-refractivity contribution in [2.45, 2.75) is 25.9 Å². The molecule has 29 heavy (non-hydrogen) atoms. The third-order valence-electron chi connectivity index (χ3n) is 4.11. The van der Waals surface area contributed by atoms with Crippen molar-refractivity contribution in [1.29, 1.82) is 0 Å². The number of hydrazone groups is 1. The lowest BCUT2D eigenvalue weighted by Crippen LogP contribution is -2.37. The Morgan fingerprint density at radius 2 is 1.86 bits per heavy atom. The number of nitrogens with one attached hydrogen (secondary N) is 1. The molecule has 1 atom stereocenters. The number of rotatable bonds is 5. The summed E-state index contributed by atoms with van der Waals surface area (Å²) in [6.07, 6.45) is -1.18. The van der Waals surface area contributed by atoms with Crippen LogP contribution in [0.2, 0.25) is 0 Å². The number of carbonyl (C=O) groups is 3. The third-order valence-corrected chi connectivity index (χ3v) is 4.11. The summed E-state index contributed by atoms with van der Waals surface area (Å²) in [6.45, 7) is 1.29. The minimum absolute atomic E-state index is 0.0231. The molecule has 0 aromatic heterocycles. The molecule has 0 saturated carbocycles. The first-order valence-electron chi connectivity index (χ1n) is 8.77. The van der Waals surface area contributed by atoms with Gasteiger partial charge < -0.3 is 10.1 Å². The monoisotopic (exact) mass is 401 g/mol. The number of para-hydroxylation sites is 1. The Kier molecular flexibility index (Phi) is 5.96. The van der Waals surface area contributed by atoms with E-state index in [1.165, 1.54) is 6.92 Å². The van der Waals surface area contributed by atoms with Gasteiger partial charge >= 0.3 is 5.97 Å². The SMILES string of the molecule is CC(OC(=O)C1=NN(c2ccccc2)C(=O)CC1)C(=O)Nc1cc(F)ccc1F. The van der Waals surface area contributed by atoms with E-state index in [2.05, 4.69) is 10.4 Å². The van der Waals surface area contributed by atoms with E-state index in [0.717, 1.165) is 23.2 Å². The number of halogens is 2. The summed E-state index contributed by atoms with van der Waals surface area (Å²) in [5.41, 5.74) is 0.105. The second-order valence-corrected chi connectivity index (χ2v) is 6.25. The summed E-state index contributed by atoms with van der Waals surface area (Å²) in [5, 5.41) is 7.31. The van der Waals surface area contributed by atoms with Crippen molar-refractivity contribution in [3.8, 4) is 0 Å². The standard InChI is InChI=1S/C20H17F2N3O4/c1-12(19(27)23-17-11-13(21)7-8-15(17)22)29-20(28)16-9-10-18(26)25(24-16)14-5-3-2-4-6-14/h2-8,11-12H,9-10H2,1H3,(H,23,27). The smallest absolute Gasteiger partial charge is 0.355 e. The summed E-state index contributed by atoms with van der Waals surface area (Å²) in [4.78, 5) is 36.6. The summed E-state index contributed by atoms with van der Waals surface area (Å²) in [6, 6.07) is 11.2. The molecule has 0 aliphatic carbocycles. The predicted molar refractivity (Wildman–Crippen MR) is 101 cm³/mol. The summed E-state index contributed by atoms with van der Waals surface area (Å²) in [5.74, 6) is -3.54. The Bertz CT molecular complexity index is 979. The minimum Gasteiger partial charge on any atom is -0.448 e. The summed E-state index contributed by atoms with van der Waals surface area (Å²) >= 11 is 0. The molecule has 0 spiro atoms. The number of amides is 2. The van der Waals surface area contributed by atoms with Crippen LogP contribution in [0.3, 0.4) is 0 Å². The average Bonchev–Trinajstić information content (AvgIpc) is 2.71. The zero-order valence-electron chi connectivity index (χ0n) is 15.4. The summed E-state index contributed by atoms with van der Waals surface area (Å²) < 4.78 is 31.9. The highest BCUT2D eigenvalue weighted by Crippen LogP contribution is 2.20. The second-order valence-electron chi connectivity index (χ2n) is 6.25. The van der Waals surface area contributed by atoms with Gasteiger partial charge in [0.2, 0.25) is 5.91 Å². The lowest BCUT2D eigenvalue weighted by atomic mass is 10.1. The van der Waals surface area contributed by atoms with Crippen LogP contribution >= 0.6 is 0 Å². The molecule has 3 rings (SSSR count). The van der Waals surface area contributed by atoms with E-state index < -0.39 is 29.6 Å². The van der Waals surface area contributed by atoms with Crippen LogP contribution < -0.4 is 10.3 Å². The lowest BCUT2D eigenvalue weighted by Gasteiger charge is -2.23. The highest BCUT2D eigenvalue weighted by atomic mass is 19.1. The van der Waals surface area contributed by atoms with Crippen molar-refractivity contribution < 1.29 is 27.9 Å². The van der Waals surface area contributed by atoms with Crippen molar-refractivity contribution in [3.05, 3.63) is 60.2 Å². The molecule has 2 aromatic rings. The summed E-state index contributed by atoms with van der Waals surface area (Å²) in [7, 11) is 0. The number of ether oxygens (including phenoxy) is 1. The predicted octanol–water partition coefficient (Wildman–Crippen LogP) is 3.02. The van der Waals surface area contributed by atoms with Crippen molar-refractivity contribution in [2.75, 3.05) is 10.3 Å². The number of esters is 1. The molecule has 9 heteroatoms. The van der Waals surface area contributed by atoms with Gasteiger partial charge in [0, 0.05) is 18.9 Å². The minimum atomic E-state index is -1.30. The highest BCUT2D eigenvalue weighted by molar-refractivity contribution is 6.38. The Balaban J connectivity index is 1.68. The molecular weight excluding hydrogens is 384 g/mol. The number of hydrogen-bond donors (Lipinski definition) is 1. The highest BCUT2D eigenvalue weighted by Gasteiger charge is 2.28. The van der Waals surface area contributed by atoms with Crippen LogP contribution in [0.1, 0.15) is 19.8 Å². The van der Waals surface area contributed by atoms with Crippen LogP contribution in [0.4, 0.5) is 20.2 Å². The maximum absolute atomic E-state index is 13.6.